The van der Waals surface area contributed by atoms with E-state index in [0.29, 0.717) is 16.8 Å². The molecule has 0 saturated heterocycles. The molecule has 2 N–H and O–H groups in total. The van der Waals surface area contributed by atoms with Gasteiger partial charge in [0, 0.05) is 44.3 Å². The van der Waals surface area contributed by atoms with E-state index in [1.54, 1.807) is 0 Å². The molecule has 5 aromatic carbocycles. The molecule has 41 heavy (non-hydrogen) atoms. The number of aryl methyl sites for hydroxylation is 2. The number of hydrogen-bond acceptors (Lipinski definition) is 2. The van der Waals surface area contributed by atoms with E-state index < -0.39 is 0 Å². The maximum atomic E-state index is 14.5. The van der Waals surface area contributed by atoms with E-state index in [1.165, 1.54) is 4.90 Å². The summed E-state index contributed by atoms with van der Waals surface area (Å²) in [6, 6.07) is 34.1. The molecule has 2 amide bonds. The first-order valence-electron chi connectivity index (χ1n) is 13.7. The number of para-hydroxylation sites is 2. The molecule has 1 aliphatic rings. The van der Waals surface area contributed by atoms with Gasteiger partial charge in [0.15, 0.2) is 0 Å². The molecule has 5 heteroatoms. The van der Waals surface area contributed by atoms with Crippen LogP contribution in [0.4, 0.5) is 5.69 Å². The molecule has 0 atom stereocenters. The number of carbonyl (C=O) groups is 2. The van der Waals surface area contributed by atoms with Crippen LogP contribution in [0.1, 0.15) is 22.5 Å². The summed E-state index contributed by atoms with van der Waals surface area (Å²) in [4.78, 5) is 37.3. The van der Waals surface area contributed by atoms with Gasteiger partial charge < -0.3 is 9.97 Å². The van der Waals surface area contributed by atoms with Gasteiger partial charge in [0.05, 0.1) is 16.8 Å². The second kappa shape index (κ2) is 8.54. The number of aromatic amines is 2. The molecular weight excluding hydrogens is 506 g/mol. The number of fused-ring (bicyclic) bond motifs is 4. The third-order valence-corrected chi connectivity index (χ3v) is 8.32. The molecule has 1 aliphatic heterocycles. The maximum Gasteiger partial charge on any atom is 0.266 e. The zero-order valence-corrected chi connectivity index (χ0v) is 22.6. The summed E-state index contributed by atoms with van der Waals surface area (Å²) in [6.45, 7) is 3.92. The van der Waals surface area contributed by atoms with Crippen LogP contribution in [0.3, 0.4) is 0 Å². The molecule has 0 radical (unpaired) electrons. The van der Waals surface area contributed by atoms with E-state index in [-0.39, 0.29) is 11.8 Å². The topological polar surface area (TPSA) is 69.0 Å². The molecule has 0 saturated carbocycles. The monoisotopic (exact) mass is 531 g/mol. The molecule has 8 rings (SSSR count). The number of nitrogens with zero attached hydrogens (tertiary/aromatic N) is 1. The highest BCUT2D eigenvalue weighted by Gasteiger charge is 2.43. The molecular formula is C36H25N3O2. The first kappa shape index (κ1) is 23.5. The Morgan fingerprint density at radius 2 is 0.976 bits per heavy atom. The molecule has 0 aliphatic carbocycles. The van der Waals surface area contributed by atoms with Gasteiger partial charge in [-0.1, -0.05) is 66.7 Å². The highest BCUT2D eigenvalue weighted by molar-refractivity contribution is 6.58. The summed E-state index contributed by atoms with van der Waals surface area (Å²) >= 11 is 0. The van der Waals surface area contributed by atoms with Crippen LogP contribution < -0.4 is 4.90 Å². The van der Waals surface area contributed by atoms with Crippen molar-refractivity contribution in [1.29, 1.82) is 0 Å². The van der Waals surface area contributed by atoms with Gasteiger partial charge in [-0.05, 0) is 71.8 Å². The van der Waals surface area contributed by atoms with Gasteiger partial charge in [-0.3, -0.25) is 9.59 Å². The van der Waals surface area contributed by atoms with E-state index >= 15 is 0 Å². The zero-order chi connectivity index (χ0) is 27.8. The summed E-state index contributed by atoms with van der Waals surface area (Å²) in [5.41, 5.74) is 6.52. The first-order valence-corrected chi connectivity index (χ1v) is 13.7. The van der Waals surface area contributed by atoms with Gasteiger partial charge in [-0.25, -0.2) is 4.90 Å². The van der Waals surface area contributed by atoms with Crippen molar-refractivity contribution in [3.05, 3.63) is 126 Å². The van der Waals surface area contributed by atoms with Crippen molar-refractivity contribution in [3.63, 3.8) is 0 Å². The average Bonchev–Trinajstić information content (AvgIpc) is 3.57. The van der Waals surface area contributed by atoms with Gasteiger partial charge in [0.25, 0.3) is 11.8 Å². The lowest BCUT2D eigenvalue weighted by Gasteiger charge is -2.16. The van der Waals surface area contributed by atoms with Gasteiger partial charge in [-0.2, -0.15) is 0 Å². The van der Waals surface area contributed by atoms with Crippen LogP contribution in [-0.4, -0.2) is 21.8 Å². The molecule has 7 aromatic rings. The summed E-state index contributed by atoms with van der Waals surface area (Å²) < 4.78 is 0. The minimum Gasteiger partial charge on any atom is -0.358 e. The lowest BCUT2D eigenvalue weighted by molar-refractivity contribution is -0.119. The molecule has 0 unspecified atom stereocenters. The fourth-order valence-corrected chi connectivity index (χ4v) is 6.49. The number of imide groups is 1. The number of aromatic nitrogens is 2. The Morgan fingerprint density at radius 1 is 0.512 bits per heavy atom. The molecule has 5 nitrogen and oxygen atoms in total. The Morgan fingerprint density at radius 3 is 1.54 bits per heavy atom. The molecule has 0 fully saturated rings. The summed E-state index contributed by atoms with van der Waals surface area (Å²) in [5, 5.41) is 6.13. The van der Waals surface area contributed by atoms with Gasteiger partial charge in [-0.15, -0.1) is 0 Å². The van der Waals surface area contributed by atoms with E-state index in [0.717, 1.165) is 65.9 Å². The fourth-order valence-electron chi connectivity index (χ4n) is 6.49. The van der Waals surface area contributed by atoms with Crippen molar-refractivity contribution in [2.45, 2.75) is 13.8 Å². The van der Waals surface area contributed by atoms with E-state index in [4.69, 9.17) is 0 Å². The second-order valence-corrected chi connectivity index (χ2v) is 10.8. The predicted octanol–water partition coefficient (Wildman–Crippen LogP) is 8.06. The highest BCUT2D eigenvalue weighted by Crippen LogP contribution is 2.44. The molecule has 2 aromatic heterocycles. The second-order valence-electron chi connectivity index (χ2n) is 10.8. The number of H-pyrrole nitrogens is 2. The number of carbonyl (C=O) groups excluding carboxylic acids is 2. The van der Waals surface area contributed by atoms with Crippen molar-refractivity contribution in [1.82, 2.24) is 9.97 Å². The number of amides is 2. The lowest BCUT2D eigenvalue weighted by Crippen LogP contribution is -2.31. The van der Waals surface area contributed by atoms with Gasteiger partial charge in [0.2, 0.25) is 0 Å². The predicted molar refractivity (Wildman–Crippen MR) is 167 cm³/mol. The molecule has 0 spiro atoms. The Labute approximate surface area is 235 Å². The average molecular weight is 532 g/mol. The number of benzene rings is 5. The Bertz CT molecular complexity index is 2180. The van der Waals surface area contributed by atoms with Crippen molar-refractivity contribution in [2.24, 2.45) is 0 Å². The molecule has 3 heterocycles. The summed E-state index contributed by atoms with van der Waals surface area (Å²) in [5.74, 6) is -0.634. The summed E-state index contributed by atoms with van der Waals surface area (Å²) in [7, 11) is 0. The first-order chi connectivity index (χ1) is 20.0. The van der Waals surface area contributed by atoms with Crippen LogP contribution in [0.15, 0.2) is 103 Å². The van der Waals surface area contributed by atoms with E-state index in [9.17, 15) is 9.59 Å². The zero-order valence-electron chi connectivity index (χ0n) is 22.6. The van der Waals surface area contributed by atoms with Crippen molar-refractivity contribution in [2.75, 3.05) is 4.90 Å². The smallest absolute Gasteiger partial charge is 0.266 e. The van der Waals surface area contributed by atoms with Gasteiger partial charge in [0.1, 0.15) is 0 Å². The number of nitrogens with one attached hydrogen (secondary N) is 2. The van der Waals surface area contributed by atoms with Crippen LogP contribution in [0.2, 0.25) is 0 Å². The third kappa shape index (κ3) is 3.36. The Balaban J connectivity index is 1.39. The normalized spacial score (nSPS) is 14.0. The maximum absolute atomic E-state index is 14.5. The van der Waals surface area contributed by atoms with Crippen molar-refractivity contribution >= 4 is 72.0 Å². The van der Waals surface area contributed by atoms with Crippen molar-refractivity contribution in [3.8, 4) is 0 Å². The lowest BCUT2D eigenvalue weighted by atomic mass is 9.93. The Kier molecular flexibility index (Phi) is 4.89. The SMILES string of the molecule is Cc1[nH]c2ccccc2c1C1=C(c2c(C)[nH]c3ccccc23)C(=O)N(c2ccc3cc4ccccc4cc3c2)C1=O. The van der Waals surface area contributed by atoms with Crippen molar-refractivity contribution < 1.29 is 9.59 Å². The Hall–Kier alpha value is -5.42. The number of anilines is 1. The van der Waals surface area contributed by atoms with Crippen LogP contribution in [0, 0.1) is 13.8 Å². The van der Waals surface area contributed by atoms with Gasteiger partial charge >= 0.3 is 0 Å². The van der Waals surface area contributed by atoms with E-state index in [1.807, 2.05) is 92.7 Å². The van der Waals surface area contributed by atoms with Crippen LogP contribution >= 0.6 is 0 Å². The van der Waals surface area contributed by atoms with E-state index in [2.05, 4.69) is 34.2 Å². The molecule has 196 valence electrons. The number of rotatable bonds is 3. The standard InChI is InChI=1S/C36H25N3O2/c1-20-31(27-11-5-7-13-29(27)37-20)33-34(32-21(2)38-30-14-8-6-12-28(30)32)36(41)39(35(33)40)26-16-15-24-17-22-9-3-4-10-23(22)18-25(24)19-26/h3-19,37-38H,1-2H3. The van der Waals surface area contributed by atoms with Crippen LogP contribution in [0.5, 0.6) is 0 Å². The largest absolute Gasteiger partial charge is 0.358 e. The fraction of sp³-hybridized carbons (Fsp3) is 0.0556. The summed E-state index contributed by atoms with van der Waals surface area (Å²) in [6.07, 6.45) is 0. The number of hydrogen-bond donors (Lipinski definition) is 2. The third-order valence-electron chi connectivity index (χ3n) is 8.32. The minimum atomic E-state index is -0.317. The van der Waals surface area contributed by atoms with Crippen LogP contribution in [-0.2, 0) is 9.59 Å². The van der Waals surface area contributed by atoms with Crippen LogP contribution in [0.25, 0.3) is 54.5 Å². The highest BCUT2D eigenvalue weighted by atomic mass is 16.2. The molecule has 0 bridgehead atoms. The quantitative estimate of drug-likeness (QED) is 0.179. The minimum absolute atomic E-state index is 0.317.